The van der Waals surface area contributed by atoms with E-state index in [1.807, 2.05) is 13.8 Å². The maximum absolute atomic E-state index is 11.3. The average molecular weight is 215 g/mol. The third-order valence-electron chi connectivity index (χ3n) is 2.70. The normalized spacial score (nSPS) is 17.3. The Morgan fingerprint density at radius 1 is 1.20 bits per heavy atom. The van der Waals surface area contributed by atoms with Crippen LogP contribution in [-0.2, 0) is 9.53 Å². The number of carbonyl (C=O) groups excluding carboxylic acids is 1. The summed E-state index contributed by atoms with van der Waals surface area (Å²) >= 11 is 0. The fourth-order valence-corrected chi connectivity index (χ4v) is 1.76. The largest absolute Gasteiger partial charge is 0.469 e. The van der Waals surface area contributed by atoms with Crippen LogP contribution in [0.15, 0.2) is 0 Å². The average Bonchev–Trinajstić information content (AvgIpc) is 2.13. The van der Waals surface area contributed by atoms with Crippen LogP contribution in [0.2, 0.25) is 0 Å². The van der Waals surface area contributed by atoms with Gasteiger partial charge in [-0.3, -0.25) is 4.79 Å². The molecule has 0 aliphatic rings. The summed E-state index contributed by atoms with van der Waals surface area (Å²) in [5.74, 6) is 0.435. The molecule has 0 spiro atoms. The number of methoxy groups -OCH3 is 1. The molecule has 0 aromatic heterocycles. The molecule has 0 bridgehead atoms. The van der Waals surface area contributed by atoms with Gasteiger partial charge < -0.3 is 10.1 Å². The van der Waals surface area contributed by atoms with Crippen molar-refractivity contribution in [3.63, 3.8) is 0 Å². The Morgan fingerprint density at radius 3 is 2.13 bits per heavy atom. The first-order valence-electron chi connectivity index (χ1n) is 5.72. The lowest BCUT2D eigenvalue weighted by Crippen LogP contribution is -2.42. The number of ether oxygens (including phenoxy) is 1. The molecule has 0 aromatic carbocycles. The minimum Gasteiger partial charge on any atom is -0.469 e. The lowest BCUT2D eigenvalue weighted by Gasteiger charge is -2.24. The highest BCUT2D eigenvalue weighted by molar-refractivity contribution is 5.72. The molecule has 3 heteroatoms. The number of esters is 1. The van der Waals surface area contributed by atoms with E-state index >= 15 is 0 Å². The molecule has 0 fully saturated rings. The molecule has 3 unspecified atom stereocenters. The van der Waals surface area contributed by atoms with E-state index in [1.54, 1.807) is 0 Å². The van der Waals surface area contributed by atoms with Crippen LogP contribution < -0.4 is 5.32 Å². The van der Waals surface area contributed by atoms with Crippen LogP contribution in [0.3, 0.4) is 0 Å². The Hall–Kier alpha value is -0.570. The molecule has 3 nitrogen and oxygen atoms in total. The van der Waals surface area contributed by atoms with Crippen LogP contribution in [-0.4, -0.2) is 25.2 Å². The van der Waals surface area contributed by atoms with Gasteiger partial charge >= 0.3 is 5.97 Å². The standard InChI is InChI=1S/C12H25NO2/c1-8(2)7-9(3)13-11(5)10(4)12(14)15-6/h8-11,13H,7H2,1-6H3. The quantitative estimate of drug-likeness (QED) is 0.690. The van der Waals surface area contributed by atoms with Gasteiger partial charge in [0.05, 0.1) is 13.0 Å². The lowest BCUT2D eigenvalue weighted by molar-refractivity contribution is -0.145. The van der Waals surface area contributed by atoms with Crippen LogP contribution in [0, 0.1) is 11.8 Å². The van der Waals surface area contributed by atoms with E-state index in [2.05, 4.69) is 26.1 Å². The Labute approximate surface area is 93.6 Å². The second-order valence-electron chi connectivity index (χ2n) is 4.80. The molecule has 0 amide bonds. The van der Waals surface area contributed by atoms with Crippen LogP contribution in [0.25, 0.3) is 0 Å². The second-order valence-corrected chi connectivity index (χ2v) is 4.80. The number of nitrogens with one attached hydrogen (secondary N) is 1. The van der Waals surface area contributed by atoms with Gasteiger partial charge in [-0.15, -0.1) is 0 Å². The number of hydrogen-bond acceptors (Lipinski definition) is 3. The highest BCUT2D eigenvalue weighted by atomic mass is 16.5. The molecular weight excluding hydrogens is 190 g/mol. The van der Waals surface area contributed by atoms with Gasteiger partial charge in [0, 0.05) is 12.1 Å². The van der Waals surface area contributed by atoms with Gasteiger partial charge in [-0.2, -0.15) is 0 Å². The monoisotopic (exact) mass is 215 g/mol. The molecule has 0 aliphatic carbocycles. The zero-order chi connectivity index (χ0) is 12.0. The zero-order valence-corrected chi connectivity index (χ0v) is 10.8. The summed E-state index contributed by atoms with van der Waals surface area (Å²) in [6, 6.07) is 0.596. The topological polar surface area (TPSA) is 38.3 Å². The SMILES string of the molecule is COC(=O)C(C)C(C)NC(C)CC(C)C. The second kappa shape index (κ2) is 6.83. The van der Waals surface area contributed by atoms with Gasteiger partial charge in [0.1, 0.15) is 0 Å². The van der Waals surface area contributed by atoms with Crippen LogP contribution in [0.1, 0.15) is 41.0 Å². The minimum absolute atomic E-state index is 0.0930. The molecule has 0 aliphatic heterocycles. The summed E-state index contributed by atoms with van der Waals surface area (Å²) in [6.07, 6.45) is 1.12. The van der Waals surface area contributed by atoms with E-state index in [9.17, 15) is 4.79 Å². The van der Waals surface area contributed by atoms with Gasteiger partial charge in [-0.1, -0.05) is 20.8 Å². The third kappa shape index (κ3) is 5.78. The van der Waals surface area contributed by atoms with Gasteiger partial charge in [0.2, 0.25) is 0 Å². The number of hydrogen-bond donors (Lipinski definition) is 1. The molecule has 0 saturated carbocycles. The summed E-state index contributed by atoms with van der Waals surface area (Å²) in [4.78, 5) is 11.3. The van der Waals surface area contributed by atoms with Crippen molar-refractivity contribution in [2.24, 2.45) is 11.8 Å². The van der Waals surface area contributed by atoms with Crippen molar-refractivity contribution in [1.29, 1.82) is 0 Å². The van der Waals surface area contributed by atoms with Crippen molar-refractivity contribution in [3.8, 4) is 0 Å². The Morgan fingerprint density at radius 2 is 1.73 bits per heavy atom. The fraction of sp³-hybridized carbons (Fsp3) is 0.917. The first-order valence-corrected chi connectivity index (χ1v) is 5.72. The smallest absolute Gasteiger partial charge is 0.309 e. The van der Waals surface area contributed by atoms with Crippen molar-refractivity contribution in [3.05, 3.63) is 0 Å². The van der Waals surface area contributed by atoms with Crippen molar-refractivity contribution in [2.75, 3.05) is 7.11 Å². The van der Waals surface area contributed by atoms with Crippen LogP contribution >= 0.6 is 0 Å². The maximum atomic E-state index is 11.3. The fourth-order valence-electron chi connectivity index (χ4n) is 1.76. The number of carbonyl (C=O) groups is 1. The van der Waals surface area contributed by atoms with Crippen LogP contribution in [0.5, 0.6) is 0 Å². The van der Waals surface area contributed by atoms with Gasteiger partial charge in [0.15, 0.2) is 0 Å². The van der Waals surface area contributed by atoms with E-state index in [0.717, 1.165) is 6.42 Å². The predicted molar refractivity (Wildman–Crippen MR) is 62.7 cm³/mol. The minimum atomic E-state index is -0.147. The molecule has 90 valence electrons. The summed E-state index contributed by atoms with van der Waals surface area (Å²) in [5, 5.41) is 3.43. The van der Waals surface area contributed by atoms with E-state index in [0.29, 0.717) is 12.0 Å². The predicted octanol–water partition coefficient (Wildman–Crippen LogP) is 2.21. The van der Waals surface area contributed by atoms with E-state index < -0.39 is 0 Å². The summed E-state index contributed by atoms with van der Waals surface area (Å²) in [6.45, 7) is 10.5. The van der Waals surface area contributed by atoms with Gasteiger partial charge in [-0.05, 0) is 26.2 Å². The van der Waals surface area contributed by atoms with E-state index in [4.69, 9.17) is 4.74 Å². The van der Waals surface area contributed by atoms with E-state index in [-0.39, 0.29) is 17.9 Å². The molecule has 1 N–H and O–H groups in total. The summed E-state index contributed by atoms with van der Waals surface area (Å²) in [5.41, 5.74) is 0. The van der Waals surface area contributed by atoms with Crippen molar-refractivity contribution in [1.82, 2.24) is 5.32 Å². The molecule has 15 heavy (non-hydrogen) atoms. The Balaban J connectivity index is 4.00. The van der Waals surface area contributed by atoms with E-state index in [1.165, 1.54) is 7.11 Å². The highest BCUT2D eigenvalue weighted by Gasteiger charge is 2.21. The zero-order valence-electron chi connectivity index (χ0n) is 10.8. The summed E-state index contributed by atoms with van der Waals surface area (Å²) in [7, 11) is 1.43. The maximum Gasteiger partial charge on any atom is 0.309 e. The van der Waals surface area contributed by atoms with Crippen molar-refractivity contribution >= 4 is 5.97 Å². The van der Waals surface area contributed by atoms with Crippen molar-refractivity contribution < 1.29 is 9.53 Å². The van der Waals surface area contributed by atoms with Crippen LogP contribution in [0.4, 0.5) is 0 Å². The lowest BCUT2D eigenvalue weighted by atomic mass is 10.00. The Kier molecular flexibility index (Phi) is 6.57. The molecule has 0 heterocycles. The van der Waals surface area contributed by atoms with Gasteiger partial charge in [0.25, 0.3) is 0 Å². The highest BCUT2D eigenvalue weighted by Crippen LogP contribution is 2.09. The molecule has 0 saturated heterocycles. The van der Waals surface area contributed by atoms with Gasteiger partial charge in [-0.25, -0.2) is 0 Å². The Bertz CT molecular complexity index is 192. The first-order chi connectivity index (χ1) is 6.88. The number of rotatable bonds is 6. The first kappa shape index (κ1) is 14.4. The summed E-state index contributed by atoms with van der Waals surface area (Å²) < 4.78 is 4.72. The molecule has 0 radical (unpaired) electrons. The molecule has 3 atom stereocenters. The third-order valence-corrected chi connectivity index (χ3v) is 2.70. The molecular formula is C12H25NO2. The molecule has 0 aromatic rings. The molecule has 0 rings (SSSR count). The van der Waals surface area contributed by atoms with Crippen molar-refractivity contribution in [2.45, 2.75) is 53.1 Å².